The molecule has 0 amide bonds. The number of hydrogen-bond acceptors (Lipinski definition) is 5. The van der Waals surface area contributed by atoms with Gasteiger partial charge in [0.2, 0.25) is 0 Å². The van der Waals surface area contributed by atoms with Gasteiger partial charge in [-0.25, -0.2) is 0 Å². The van der Waals surface area contributed by atoms with Crippen LogP contribution < -0.4 is 11.1 Å². The van der Waals surface area contributed by atoms with Gasteiger partial charge >= 0.3 is 0 Å². The van der Waals surface area contributed by atoms with Crippen LogP contribution in [0, 0.1) is 21.4 Å². The van der Waals surface area contributed by atoms with Crippen molar-refractivity contribution in [2.75, 3.05) is 11.1 Å². The summed E-state index contributed by atoms with van der Waals surface area (Å²) in [6, 6.07) is 13.1. The molecule has 0 aliphatic heterocycles. The molecule has 0 bridgehead atoms. The van der Waals surface area contributed by atoms with Crippen molar-refractivity contribution >= 4 is 22.7 Å². The molecule has 0 radical (unpaired) electrons. The fraction of sp³-hybridized carbons (Fsp3) is 0. The molecule has 0 atom stereocenters. The third-order valence-electron chi connectivity index (χ3n) is 2.43. The Balaban J connectivity index is 2.33. The van der Waals surface area contributed by atoms with Gasteiger partial charge in [-0.1, -0.05) is 6.07 Å². The highest BCUT2D eigenvalue weighted by Gasteiger charge is 2.08. The van der Waals surface area contributed by atoms with Crippen molar-refractivity contribution < 1.29 is 4.92 Å². The van der Waals surface area contributed by atoms with Gasteiger partial charge in [0, 0.05) is 29.2 Å². The van der Waals surface area contributed by atoms with Crippen molar-refractivity contribution in [2.45, 2.75) is 0 Å². The van der Waals surface area contributed by atoms with E-state index in [1.165, 1.54) is 12.1 Å². The zero-order valence-corrected chi connectivity index (χ0v) is 9.83. The Hall–Kier alpha value is -3.07. The molecule has 0 saturated heterocycles. The highest BCUT2D eigenvalue weighted by molar-refractivity contribution is 5.68. The average Bonchev–Trinajstić information content (AvgIpc) is 2.38. The van der Waals surface area contributed by atoms with Crippen LogP contribution in [0.4, 0.5) is 22.7 Å². The number of nitriles is 1. The van der Waals surface area contributed by atoms with E-state index in [1.807, 2.05) is 6.07 Å². The lowest BCUT2D eigenvalue weighted by molar-refractivity contribution is -0.384. The Morgan fingerprint density at radius 1 is 1.21 bits per heavy atom. The quantitative estimate of drug-likeness (QED) is 0.497. The first-order chi connectivity index (χ1) is 9.08. The van der Waals surface area contributed by atoms with Gasteiger partial charge in [-0.2, -0.15) is 5.26 Å². The fourth-order valence-electron chi connectivity index (χ4n) is 1.65. The van der Waals surface area contributed by atoms with Crippen molar-refractivity contribution in [1.82, 2.24) is 0 Å². The van der Waals surface area contributed by atoms with E-state index in [0.29, 0.717) is 22.6 Å². The van der Waals surface area contributed by atoms with Gasteiger partial charge < -0.3 is 11.1 Å². The molecule has 19 heavy (non-hydrogen) atoms. The minimum Gasteiger partial charge on any atom is -0.398 e. The van der Waals surface area contributed by atoms with E-state index >= 15 is 0 Å². The Morgan fingerprint density at radius 2 is 2.00 bits per heavy atom. The Morgan fingerprint density at radius 3 is 2.68 bits per heavy atom. The van der Waals surface area contributed by atoms with Crippen LogP contribution >= 0.6 is 0 Å². The van der Waals surface area contributed by atoms with Crippen LogP contribution in [0.15, 0.2) is 42.5 Å². The molecule has 2 rings (SSSR count). The summed E-state index contributed by atoms with van der Waals surface area (Å²) >= 11 is 0. The Kier molecular flexibility index (Phi) is 3.30. The number of nitrogen functional groups attached to an aromatic ring is 1. The molecule has 6 heteroatoms. The molecule has 0 fully saturated rings. The molecule has 94 valence electrons. The lowest BCUT2D eigenvalue weighted by atomic mass is 10.2. The molecular formula is C13H10N4O2. The van der Waals surface area contributed by atoms with E-state index in [4.69, 9.17) is 11.0 Å². The maximum absolute atomic E-state index is 10.7. The first kappa shape index (κ1) is 12.4. The van der Waals surface area contributed by atoms with E-state index in [1.54, 1.807) is 30.3 Å². The van der Waals surface area contributed by atoms with Crippen molar-refractivity contribution in [1.29, 1.82) is 5.26 Å². The average molecular weight is 254 g/mol. The van der Waals surface area contributed by atoms with E-state index in [-0.39, 0.29) is 5.69 Å². The van der Waals surface area contributed by atoms with Gasteiger partial charge in [-0.15, -0.1) is 0 Å². The lowest BCUT2D eigenvalue weighted by Gasteiger charge is -2.07. The van der Waals surface area contributed by atoms with Crippen LogP contribution in [-0.2, 0) is 0 Å². The lowest BCUT2D eigenvalue weighted by Crippen LogP contribution is -1.96. The SMILES string of the molecule is N#Cc1cccc(Nc2cc(N)cc([N+](=O)[O-])c2)c1. The maximum Gasteiger partial charge on any atom is 0.273 e. The van der Waals surface area contributed by atoms with Gasteiger partial charge in [-0.05, 0) is 24.3 Å². The highest BCUT2D eigenvalue weighted by atomic mass is 16.6. The van der Waals surface area contributed by atoms with Crippen LogP contribution in [0.2, 0.25) is 0 Å². The molecule has 0 aliphatic rings. The zero-order valence-electron chi connectivity index (χ0n) is 9.83. The van der Waals surface area contributed by atoms with E-state index in [9.17, 15) is 10.1 Å². The zero-order chi connectivity index (χ0) is 13.8. The van der Waals surface area contributed by atoms with Crippen molar-refractivity contribution in [2.24, 2.45) is 0 Å². The molecule has 0 aromatic heterocycles. The van der Waals surface area contributed by atoms with Crippen molar-refractivity contribution in [3.05, 3.63) is 58.1 Å². The van der Waals surface area contributed by atoms with Crippen LogP contribution in [0.3, 0.4) is 0 Å². The molecule has 2 aromatic rings. The molecule has 0 spiro atoms. The minimum absolute atomic E-state index is 0.0843. The van der Waals surface area contributed by atoms with Gasteiger partial charge in [-0.3, -0.25) is 10.1 Å². The van der Waals surface area contributed by atoms with Gasteiger partial charge in [0.05, 0.1) is 16.6 Å². The van der Waals surface area contributed by atoms with Crippen LogP contribution in [-0.4, -0.2) is 4.92 Å². The summed E-state index contributed by atoms with van der Waals surface area (Å²) in [7, 11) is 0. The largest absolute Gasteiger partial charge is 0.398 e. The number of hydrogen-bond donors (Lipinski definition) is 2. The van der Waals surface area contributed by atoms with Crippen molar-refractivity contribution in [3.63, 3.8) is 0 Å². The number of nitro groups is 1. The van der Waals surface area contributed by atoms with Gasteiger partial charge in [0.1, 0.15) is 0 Å². The van der Waals surface area contributed by atoms with E-state index in [0.717, 1.165) is 0 Å². The molecule has 0 unspecified atom stereocenters. The predicted octanol–water partition coefficient (Wildman–Crippen LogP) is 2.79. The molecular weight excluding hydrogens is 244 g/mol. The van der Waals surface area contributed by atoms with E-state index in [2.05, 4.69) is 5.32 Å². The molecule has 0 aliphatic carbocycles. The van der Waals surface area contributed by atoms with Crippen LogP contribution in [0.25, 0.3) is 0 Å². The number of nitrogens with one attached hydrogen (secondary N) is 1. The molecule has 6 nitrogen and oxygen atoms in total. The van der Waals surface area contributed by atoms with Crippen LogP contribution in [0.5, 0.6) is 0 Å². The first-order valence-electron chi connectivity index (χ1n) is 5.40. The molecule has 0 saturated carbocycles. The number of benzene rings is 2. The number of rotatable bonds is 3. The number of nitrogens with zero attached hydrogens (tertiary/aromatic N) is 2. The summed E-state index contributed by atoms with van der Waals surface area (Å²) in [4.78, 5) is 10.2. The highest BCUT2D eigenvalue weighted by Crippen LogP contribution is 2.25. The second-order valence-electron chi connectivity index (χ2n) is 3.89. The minimum atomic E-state index is -0.507. The second kappa shape index (κ2) is 5.06. The maximum atomic E-state index is 10.7. The smallest absolute Gasteiger partial charge is 0.273 e. The van der Waals surface area contributed by atoms with Crippen LogP contribution in [0.1, 0.15) is 5.56 Å². The standard InChI is InChI=1S/C13H10N4O2/c14-8-9-2-1-3-11(4-9)16-12-5-10(15)6-13(7-12)17(18)19/h1-7,16H,15H2. The summed E-state index contributed by atoms with van der Waals surface area (Å²) in [5.41, 5.74) is 7.50. The number of non-ortho nitro benzene ring substituents is 1. The predicted molar refractivity (Wildman–Crippen MR) is 71.9 cm³/mol. The topological polar surface area (TPSA) is 105 Å². The summed E-state index contributed by atoms with van der Waals surface area (Å²) in [5.74, 6) is 0. The molecule has 3 N–H and O–H groups in total. The first-order valence-corrected chi connectivity index (χ1v) is 5.40. The summed E-state index contributed by atoms with van der Waals surface area (Å²) in [6.07, 6.45) is 0. The molecule has 2 aromatic carbocycles. The third-order valence-corrected chi connectivity index (χ3v) is 2.43. The number of nitro benzene ring substituents is 1. The number of nitrogens with two attached hydrogens (primary N) is 1. The summed E-state index contributed by atoms with van der Waals surface area (Å²) < 4.78 is 0. The number of anilines is 3. The fourth-order valence-corrected chi connectivity index (χ4v) is 1.65. The van der Waals surface area contributed by atoms with E-state index < -0.39 is 4.92 Å². The second-order valence-corrected chi connectivity index (χ2v) is 3.89. The monoisotopic (exact) mass is 254 g/mol. The third kappa shape index (κ3) is 2.98. The Bertz CT molecular complexity index is 677. The van der Waals surface area contributed by atoms with Gasteiger partial charge in [0.25, 0.3) is 5.69 Å². The summed E-state index contributed by atoms with van der Waals surface area (Å²) in [6.45, 7) is 0. The normalized spacial score (nSPS) is 9.63. The van der Waals surface area contributed by atoms with Crippen molar-refractivity contribution in [3.8, 4) is 6.07 Å². The Labute approximate surface area is 109 Å². The van der Waals surface area contributed by atoms with Gasteiger partial charge in [0.15, 0.2) is 0 Å². The summed E-state index contributed by atoms with van der Waals surface area (Å²) in [5, 5.41) is 22.5. The molecule has 0 heterocycles.